The molecule has 2 aromatic carbocycles. The zero-order valence-electron chi connectivity index (χ0n) is 10.8. The molecule has 0 aliphatic heterocycles. The monoisotopic (exact) mass is 311 g/mol. The highest BCUT2D eigenvalue weighted by atomic mass is 35.5. The summed E-state index contributed by atoms with van der Waals surface area (Å²) >= 11 is 12.0. The maximum absolute atomic E-state index is 12.7. The zero-order valence-corrected chi connectivity index (χ0v) is 12.3. The smallest absolute Gasteiger partial charge is 0.123 e. The van der Waals surface area contributed by atoms with Crippen LogP contribution in [0.15, 0.2) is 42.5 Å². The Hall–Kier alpha value is -1.25. The molecule has 1 nitrogen and oxygen atoms in total. The molecule has 0 aliphatic carbocycles. The van der Waals surface area contributed by atoms with Crippen molar-refractivity contribution in [3.63, 3.8) is 0 Å². The lowest BCUT2D eigenvalue weighted by molar-refractivity contribution is 0.304. The summed E-state index contributed by atoms with van der Waals surface area (Å²) in [5, 5.41) is 1.22. The van der Waals surface area contributed by atoms with Crippen LogP contribution in [0.4, 0.5) is 4.39 Å². The third-order valence-electron chi connectivity index (χ3n) is 2.95. The fourth-order valence-electron chi connectivity index (χ4n) is 1.84. The largest absolute Gasteiger partial charge is 0.494 e. The van der Waals surface area contributed by atoms with E-state index >= 15 is 0 Å². The van der Waals surface area contributed by atoms with E-state index in [-0.39, 0.29) is 11.7 Å². The molecule has 105 valence electrons. The molecule has 1 atom stereocenters. The van der Waals surface area contributed by atoms with Gasteiger partial charge in [-0.05, 0) is 61.2 Å². The quantitative estimate of drug-likeness (QED) is 0.706. The molecule has 0 N–H and O–H groups in total. The van der Waals surface area contributed by atoms with Crippen molar-refractivity contribution in [2.45, 2.75) is 12.3 Å². The first kappa shape index (κ1) is 15.1. The van der Waals surface area contributed by atoms with Crippen LogP contribution in [0, 0.1) is 12.7 Å². The summed E-state index contributed by atoms with van der Waals surface area (Å²) in [6.07, 6.45) is 0.707. The maximum Gasteiger partial charge on any atom is 0.123 e. The van der Waals surface area contributed by atoms with Gasteiger partial charge in [0.1, 0.15) is 11.6 Å². The van der Waals surface area contributed by atoms with Crippen LogP contribution in [0.3, 0.4) is 0 Å². The summed E-state index contributed by atoms with van der Waals surface area (Å²) in [7, 11) is 0. The lowest BCUT2D eigenvalue weighted by Crippen LogP contribution is -2.04. The molecule has 0 aliphatic rings. The molecule has 0 bridgehead atoms. The lowest BCUT2D eigenvalue weighted by Gasteiger charge is -2.14. The van der Waals surface area contributed by atoms with E-state index in [0.29, 0.717) is 28.8 Å². The molecular weight excluding hydrogens is 298 g/mol. The molecule has 0 amide bonds. The predicted molar refractivity (Wildman–Crippen MR) is 81.1 cm³/mol. The molecule has 2 aromatic rings. The van der Waals surface area contributed by atoms with Crippen LogP contribution in [0.1, 0.15) is 17.9 Å². The molecular formula is C16H14Cl2FO. The first-order valence-electron chi connectivity index (χ1n) is 6.22. The van der Waals surface area contributed by atoms with Crippen LogP contribution < -0.4 is 4.74 Å². The van der Waals surface area contributed by atoms with Crippen molar-refractivity contribution in [1.29, 1.82) is 0 Å². The third kappa shape index (κ3) is 4.12. The molecule has 1 radical (unpaired) electrons. The molecule has 1 unspecified atom stereocenters. The van der Waals surface area contributed by atoms with Gasteiger partial charge in [-0.25, -0.2) is 4.39 Å². The van der Waals surface area contributed by atoms with Gasteiger partial charge in [-0.1, -0.05) is 29.3 Å². The number of rotatable bonds is 5. The Balaban J connectivity index is 1.88. The highest BCUT2D eigenvalue weighted by Gasteiger charge is 2.10. The zero-order chi connectivity index (χ0) is 14.5. The summed E-state index contributed by atoms with van der Waals surface area (Å²) in [5.41, 5.74) is 0.943. The van der Waals surface area contributed by atoms with Crippen LogP contribution >= 0.6 is 23.2 Å². The van der Waals surface area contributed by atoms with Crippen LogP contribution in [-0.2, 0) is 0 Å². The van der Waals surface area contributed by atoms with Gasteiger partial charge in [0.15, 0.2) is 0 Å². The van der Waals surface area contributed by atoms with Gasteiger partial charge in [0, 0.05) is 10.0 Å². The van der Waals surface area contributed by atoms with Crippen LogP contribution in [-0.4, -0.2) is 6.61 Å². The van der Waals surface area contributed by atoms with Crippen LogP contribution in [0.25, 0.3) is 0 Å². The van der Waals surface area contributed by atoms with Crippen molar-refractivity contribution in [2.24, 2.45) is 0 Å². The highest BCUT2D eigenvalue weighted by Crippen LogP contribution is 2.29. The Morgan fingerprint density at radius 3 is 2.45 bits per heavy atom. The second-order valence-corrected chi connectivity index (χ2v) is 5.30. The van der Waals surface area contributed by atoms with E-state index in [2.05, 4.69) is 6.92 Å². The van der Waals surface area contributed by atoms with Gasteiger partial charge >= 0.3 is 0 Å². The van der Waals surface area contributed by atoms with Crippen molar-refractivity contribution in [1.82, 2.24) is 0 Å². The molecule has 2 rings (SSSR count). The summed E-state index contributed by atoms with van der Waals surface area (Å²) in [6, 6.07) is 11.3. The van der Waals surface area contributed by atoms with Gasteiger partial charge in [0.05, 0.1) is 6.61 Å². The molecule has 0 heterocycles. The Kier molecular flexibility index (Phi) is 5.27. The average Bonchev–Trinajstić information content (AvgIpc) is 2.41. The molecule has 20 heavy (non-hydrogen) atoms. The SMILES string of the molecule is [CH2]C(CCOc1ccc(F)cc1)c1ccc(Cl)cc1Cl. The Morgan fingerprint density at radius 2 is 1.80 bits per heavy atom. The van der Waals surface area contributed by atoms with Gasteiger partial charge in [-0.2, -0.15) is 0 Å². The fraction of sp³-hybridized carbons (Fsp3) is 0.188. The van der Waals surface area contributed by atoms with E-state index in [1.54, 1.807) is 24.3 Å². The van der Waals surface area contributed by atoms with E-state index in [1.807, 2.05) is 6.07 Å². The van der Waals surface area contributed by atoms with Crippen LogP contribution in [0.5, 0.6) is 5.75 Å². The van der Waals surface area contributed by atoms with E-state index in [4.69, 9.17) is 27.9 Å². The standard InChI is InChI=1S/C16H14Cl2FO/c1-11(15-7-2-12(17)10-16(15)18)8-9-20-14-5-3-13(19)4-6-14/h2-7,10-11H,1,8-9H2. The summed E-state index contributed by atoms with van der Waals surface area (Å²) in [5.74, 6) is 0.376. The van der Waals surface area contributed by atoms with Crippen LogP contribution in [0.2, 0.25) is 10.0 Å². The van der Waals surface area contributed by atoms with Gasteiger partial charge < -0.3 is 4.74 Å². The maximum atomic E-state index is 12.7. The second kappa shape index (κ2) is 6.96. The number of ether oxygens (including phenoxy) is 1. The van der Waals surface area contributed by atoms with E-state index in [9.17, 15) is 4.39 Å². The minimum Gasteiger partial charge on any atom is -0.494 e. The number of benzene rings is 2. The molecule has 0 saturated carbocycles. The van der Waals surface area contributed by atoms with Gasteiger partial charge in [-0.3, -0.25) is 0 Å². The number of halogens is 3. The summed E-state index contributed by atoms with van der Waals surface area (Å²) in [6.45, 7) is 4.56. The van der Waals surface area contributed by atoms with Gasteiger partial charge in [0.2, 0.25) is 0 Å². The summed E-state index contributed by atoms with van der Waals surface area (Å²) in [4.78, 5) is 0. The molecule has 0 spiro atoms. The van der Waals surface area contributed by atoms with E-state index in [0.717, 1.165) is 5.56 Å². The Labute approximate surface area is 128 Å². The topological polar surface area (TPSA) is 9.23 Å². The average molecular weight is 312 g/mol. The van der Waals surface area contributed by atoms with E-state index in [1.165, 1.54) is 12.1 Å². The first-order chi connectivity index (χ1) is 9.56. The number of hydrogen-bond acceptors (Lipinski definition) is 1. The molecule has 0 saturated heterocycles. The lowest BCUT2D eigenvalue weighted by atomic mass is 9.98. The van der Waals surface area contributed by atoms with Crippen molar-refractivity contribution < 1.29 is 9.13 Å². The Bertz CT molecular complexity index is 569. The van der Waals surface area contributed by atoms with Crippen molar-refractivity contribution in [3.8, 4) is 5.75 Å². The predicted octanol–water partition coefficient (Wildman–Crippen LogP) is 5.52. The van der Waals surface area contributed by atoms with Crippen molar-refractivity contribution in [3.05, 3.63) is 70.8 Å². The second-order valence-electron chi connectivity index (χ2n) is 4.45. The highest BCUT2D eigenvalue weighted by molar-refractivity contribution is 6.35. The summed E-state index contributed by atoms with van der Waals surface area (Å²) < 4.78 is 18.3. The minimum atomic E-state index is -0.277. The first-order valence-corrected chi connectivity index (χ1v) is 6.98. The Morgan fingerprint density at radius 1 is 1.10 bits per heavy atom. The molecule has 0 aromatic heterocycles. The van der Waals surface area contributed by atoms with Crippen molar-refractivity contribution in [2.75, 3.05) is 6.61 Å². The molecule has 4 heteroatoms. The number of hydrogen-bond donors (Lipinski definition) is 0. The normalized spacial score (nSPS) is 12.2. The third-order valence-corrected chi connectivity index (χ3v) is 3.51. The minimum absolute atomic E-state index is 0.0141. The van der Waals surface area contributed by atoms with Crippen molar-refractivity contribution >= 4 is 23.2 Å². The van der Waals surface area contributed by atoms with Gasteiger partial charge in [-0.15, -0.1) is 0 Å². The van der Waals surface area contributed by atoms with E-state index < -0.39 is 0 Å². The molecule has 0 fully saturated rings. The fourth-order valence-corrected chi connectivity index (χ4v) is 2.40. The van der Waals surface area contributed by atoms with Gasteiger partial charge in [0.25, 0.3) is 0 Å².